The number of nitrogens with zero attached hydrogens (tertiary/aromatic N) is 1. The molecule has 94 valence electrons. The Morgan fingerprint density at radius 1 is 1.24 bits per heavy atom. The molecule has 1 aromatic rings. The van der Waals surface area contributed by atoms with Gasteiger partial charge in [0.25, 0.3) is 0 Å². The number of hydrogen-bond acceptors (Lipinski definition) is 1. The predicted molar refractivity (Wildman–Crippen MR) is 77.5 cm³/mol. The molecule has 0 N–H and O–H groups in total. The van der Waals surface area contributed by atoms with Crippen LogP contribution in [0, 0.1) is 0 Å². The van der Waals surface area contributed by atoms with Gasteiger partial charge in [0.1, 0.15) is 0 Å². The minimum Gasteiger partial charge on any atom is -0.298 e. The molecule has 0 heterocycles. The van der Waals surface area contributed by atoms with E-state index in [1.54, 1.807) is 0 Å². The lowest BCUT2D eigenvalue weighted by Crippen LogP contribution is -2.40. The van der Waals surface area contributed by atoms with Gasteiger partial charge in [-0.25, -0.2) is 0 Å². The lowest BCUT2D eigenvalue weighted by atomic mass is 9.93. The highest BCUT2D eigenvalue weighted by Crippen LogP contribution is 2.27. The summed E-state index contributed by atoms with van der Waals surface area (Å²) in [4.78, 5) is 2.40. The zero-order chi connectivity index (χ0) is 12.3. The third-order valence-corrected chi connectivity index (χ3v) is 4.60. The van der Waals surface area contributed by atoms with Gasteiger partial charge < -0.3 is 0 Å². The molecule has 0 spiro atoms. The molecule has 1 aliphatic carbocycles. The summed E-state index contributed by atoms with van der Waals surface area (Å²) in [6.07, 6.45) is 5.01. The Balaban J connectivity index is 1.95. The second-order valence-electron chi connectivity index (χ2n) is 4.91. The quantitative estimate of drug-likeness (QED) is 0.746. The standard InChI is InChI=1S/C14H19BrClN/c1-17(14-5-3-2-4-13(14)16)10-11-6-8-12(15)9-7-11/h6-9,13-14H,2-5,10H2,1H3. The molecular formula is C14H19BrClN. The van der Waals surface area contributed by atoms with E-state index in [4.69, 9.17) is 11.6 Å². The molecule has 1 aromatic carbocycles. The summed E-state index contributed by atoms with van der Waals surface area (Å²) in [5, 5.41) is 0.323. The summed E-state index contributed by atoms with van der Waals surface area (Å²) in [7, 11) is 2.19. The minimum atomic E-state index is 0.323. The number of rotatable bonds is 3. The maximum absolute atomic E-state index is 6.42. The van der Waals surface area contributed by atoms with Crippen molar-refractivity contribution in [1.29, 1.82) is 0 Å². The lowest BCUT2D eigenvalue weighted by molar-refractivity contribution is 0.188. The Morgan fingerprint density at radius 2 is 1.88 bits per heavy atom. The fourth-order valence-electron chi connectivity index (χ4n) is 2.56. The molecule has 3 heteroatoms. The van der Waals surface area contributed by atoms with Crippen LogP contribution in [0.3, 0.4) is 0 Å². The van der Waals surface area contributed by atoms with Crippen molar-refractivity contribution in [2.24, 2.45) is 0 Å². The summed E-state index contributed by atoms with van der Waals surface area (Å²) in [5.41, 5.74) is 1.35. The van der Waals surface area contributed by atoms with Crippen molar-refractivity contribution in [3.63, 3.8) is 0 Å². The van der Waals surface area contributed by atoms with E-state index in [1.165, 1.54) is 24.8 Å². The second-order valence-corrected chi connectivity index (χ2v) is 6.39. The largest absolute Gasteiger partial charge is 0.298 e. The van der Waals surface area contributed by atoms with Crippen LogP contribution in [0.15, 0.2) is 28.7 Å². The maximum Gasteiger partial charge on any atom is 0.0491 e. The smallest absolute Gasteiger partial charge is 0.0491 e. The molecule has 2 unspecified atom stereocenters. The zero-order valence-corrected chi connectivity index (χ0v) is 12.5. The molecule has 0 amide bonds. The van der Waals surface area contributed by atoms with Gasteiger partial charge in [0.05, 0.1) is 0 Å². The molecule has 2 rings (SSSR count). The van der Waals surface area contributed by atoms with Crippen molar-refractivity contribution in [3.8, 4) is 0 Å². The number of alkyl halides is 1. The molecule has 1 saturated carbocycles. The van der Waals surface area contributed by atoms with E-state index in [2.05, 4.69) is 52.1 Å². The van der Waals surface area contributed by atoms with E-state index in [-0.39, 0.29) is 0 Å². The van der Waals surface area contributed by atoms with Gasteiger partial charge in [0.15, 0.2) is 0 Å². The van der Waals surface area contributed by atoms with E-state index in [9.17, 15) is 0 Å². The molecule has 1 aliphatic rings. The Morgan fingerprint density at radius 3 is 2.53 bits per heavy atom. The van der Waals surface area contributed by atoms with Crippen LogP contribution in [0.4, 0.5) is 0 Å². The van der Waals surface area contributed by atoms with Crippen molar-refractivity contribution in [2.45, 2.75) is 43.6 Å². The molecule has 0 saturated heterocycles. The topological polar surface area (TPSA) is 3.24 Å². The highest BCUT2D eigenvalue weighted by atomic mass is 79.9. The van der Waals surface area contributed by atoms with Gasteiger partial charge in [-0.05, 0) is 37.6 Å². The van der Waals surface area contributed by atoms with Gasteiger partial charge >= 0.3 is 0 Å². The Hall–Kier alpha value is -0.0500. The van der Waals surface area contributed by atoms with E-state index in [1.807, 2.05) is 0 Å². The fourth-order valence-corrected chi connectivity index (χ4v) is 3.29. The first kappa shape index (κ1) is 13.4. The molecule has 17 heavy (non-hydrogen) atoms. The zero-order valence-electron chi connectivity index (χ0n) is 10.2. The van der Waals surface area contributed by atoms with Crippen molar-refractivity contribution in [3.05, 3.63) is 34.3 Å². The van der Waals surface area contributed by atoms with Crippen LogP contribution in [-0.2, 0) is 6.54 Å². The van der Waals surface area contributed by atoms with Crippen LogP contribution in [0.1, 0.15) is 31.2 Å². The van der Waals surface area contributed by atoms with Gasteiger partial charge in [0, 0.05) is 22.4 Å². The first-order chi connectivity index (χ1) is 8.16. The minimum absolute atomic E-state index is 0.323. The Bertz CT molecular complexity index is 352. The maximum atomic E-state index is 6.42. The summed E-state index contributed by atoms with van der Waals surface area (Å²) in [6.45, 7) is 0.987. The molecule has 1 nitrogen and oxygen atoms in total. The monoisotopic (exact) mass is 315 g/mol. The van der Waals surface area contributed by atoms with Crippen LogP contribution < -0.4 is 0 Å². The SMILES string of the molecule is CN(Cc1ccc(Br)cc1)C1CCCCC1Cl. The third kappa shape index (κ3) is 3.70. The molecule has 0 bridgehead atoms. The van der Waals surface area contributed by atoms with Gasteiger partial charge in [0.2, 0.25) is 0 Å². The normalized spacial score (nSPS) is 25.2. The highest BCUT2D eigenvalue weighted by Gasteiger charge is 2.26. The van der Waals surface area contributed by atoms with Crippen molar-refractivity contribution in [1.82, 2.24) is 4.90 Å². The molecule has 0 aliphatic heterocycles. The van der Waals surface area contributed by atoms with E-state index < -0.39 is 0 Å². The van der Waals surface area contributed by atoms with Crippen molar-refractivity contribution < 1.29 is 0 Å². The Kier molecular flexibility index (Phi) is 4.89. The third-order valence-electron chi connectivity index (χ3n) is 3.56. The average Bonchev–Trinajstić information content (AvgIpc) is 2.32. The molecule has 1 fully saturated rings. The highest BCUT2D eigenvalue weighted by molar-refractivity contribution is 9.10. The summed E-state index contributed by atoms with van der Waals surface area (Å²) >= 11 is 9.88. The first-order valence-electron chi connectivity index (χ1n) is 6.25. The molecular weight excluding hydrogens is 298 g/mol. The second kappa shape index (κ2) is 6.21. The van der Waals surface area contributed by atoms with Crippen LogP contribution in [0.5, 0.6) is 0 Å². The summed E-state index contributed by atoms with van der Waals surface area (Å²) < 4.78 is 1.14. The fraction of sp³-hybridized carbons (Fsp3) is 0.571. The van der Waals surface area contributed by atoms with Crippen LogP contribution in [-0.4, -0.2) is 23.4 Å². The van der Waals surface area contributed by atoms with Crippen molar-refractivity contribution in [2.75, 3.05) is 7.05 Å². The summed E-state index contributed by atoms with van der Waals surface area (Å²) in [5.74, 6) is 0. The van der Waals surface area contributed by atoms with Gasteiger partial charge in [-0.15, -0.1) is 11.6 Å². The van der Waals surface area contributed by atoms with Crippen LogP contribution in [0.25, 0.3) is 0 Å². The van der Waals surface area contributed by atoms with Crippen LogP contribution in [0.2, 0.25) is 0 Å². The number of benzene rings is 1. The number of hydrogen-bond donors (Lipinski definition) is 0. The molecule has 0 aromatic heterocycles. The average molecular weight is 317 g/mol. The van der Waals surface area contributed by atoms with Gasteiger partial charge in [-0.3, -0.25) is 4.90 Å². The first-order valence-corrected chi connectivity index (χ1v) is 7.48. The van der Waals surface area contributed by atoms with Crippen molar-refractivity contribution >= 4 is 27.5 Å². The van der Waals surface area contributed by atoms with E-state index >= 15 is 0 Å². The lowest BCUT2D eigenvalue weighted by Gasteiger charge is -2.35. The van der Waals surface area contributed by atoms with Gasteiger partial charge in [-0.1, -0.05) is 40.9 Å². The predicted octanol–water partition coefficient (Wildman–Crippen LogP) is 4.43. The van der Waals surface area contributed by atoms with Crippen LogP contribution >= 0.6 is 27.5 Å². The molecule has 2 atom stereocenters. The van der Waals surface area contributed by atoms with Gasteiger partial charge in [-0.2, -0.15) is 0 Å². The summed E-state index contributed by atoms with van der Waals surface area (Å²) in [6, 6.07) is 9.08. The van der Waals surface area contributed by atoms with E-state index in [0.717, 1.165) is 17.4 Å². The molecule has 0 radical (unpaired) electrons. The Labute approximate surface area is 117 Å². The number of halogens is 2. The van der Waals surface area contributed by atoms with E-state index in [0.29, 0.717) is 11.4 Å².